The summed E-state index contributed by atoms with van der Waals surface area (Å²) < 4.78 is 1.21. The summed E-state index contributed by atoms with van der Waals surface area (Å²) in [7, 11) is 0. The highest BCUT2D eigenvalue weighted by atomic mass is 16.2. The molecule has 1 amide bonds. The first kappa shape index (κ1) is 16.3. The molecule has 0 bridgehead atoms. The molecular formula is C16H21N5O3. The van der Waals surface area contributed by atoms with E-state index in [-0.39, 0.29) is 17.2 Å². The number of aromatic amines is 2. The molecule has 2 aromatic heterocycles. The molecule has 0 saturated carbocycles. The van der Waals surface area contributed by atoms with Gasteiger partial charge in [0.1, 0.15) is 5.69 Å². The molecule has 2 aromatic rings. The van der Waals surface area contributed by atoms with E-state index in [1.165, 1.54) is 10.6 Å². The average molecular weight is 331 g/mol. The Labute approximate surface area is 138 Å². The maximum atomic E-state index is 12.3. The largest absolute Gasteiger partial charge is 0.357 e. The number of hydrogen-bond acceptors (Lipinski definition) is 4. The lowest BCUT2D eigenvalue weighted by molar-refractivity contribution is 0.0627. The Kier molecular flexibility index (Phi) is 4.66. The van der Waals surface area contributed by atoms with Gasteiger partial charge in [0.25, 0.3) is 11.5 Å². The minimum absolute atomic E-state index is 0.00542. The summed E-state index contributed by atoms with van der Waals surface area (Å²) in [6, 6.07) is 5.00. The van der Waals surface area contributed by atoms with Crippen LogP contribution in [0.15, 0.2) is 34.0 Å². The minimum Gasteiger partial charge on any atom is -0.357 e. The Morgan fingerprint density at radius 1 is 1.17 bits per heavy atom. The number of rotatable bonds is 4. The summed E-state index contributed by atoms with van der Waals surface area (Å²) >= 11 is 0. The van der Waals surface area contributed by atoms with Crippen LogP contribution < -0.4 is 11.2 Å². The lowest BCUT2D eigenvalue weighted by Crippen LogP contribution is -2.50. The van der Waals surface area contributed by atoms with Gasteiger partial charge >= 0.3 is 5.69 Å². The van der Waals surface area contributed by atoms with Crippen molar-refractivity contribution in [3.8, 4) is 0 Å². The highest BCUT2D eigenvalue weighted by Crippen LogP contribution is 2.07. The molecule has 0 aromatic carbocycles. The van der Waals surface area contributed by atoms with Crippen molar-refractivity contribution < 1.29 is 4.79 Å². The molecule has 1 saturated heterocycles. The van der Waals surface area contributed by atoms with Gasteiger partial charge in [-0.05, 0) is 19.1 Å². The van der Waals surface area contributed by atoms with Gasteiger partial charge in [0, 0.05) is 57.2 Å². The first-order valence-corrected chi connectivity index (χ1v) is 8.00. The second-order valence-corrected chi connectivity index (χ2v) is 5.97. The number of amides is 1. The lowest BCUT2D eigenvalue weighted by atomic mass is 10.2. The summed E-state index contributed by atoms with van der Waals surface area (Å²) in [5.41, 5.74) is 0.510. The molecule has 1 fully saturated rings. The number of H-pyrrole nitrogens is 2. The van der Waals surface area contributed by atoms with Crippen LogP contribution in [0.4, 0.5) is 0 Å². The molecule has 0 atom stereocenters. The van der Waals surface area contributed by atoms with Crippen molar-refractivity contribution in [2.75, 3.05) is 32.7 Å². The van der Waals surface area contributed by atoms with Crippen LogP contribution in [0, 0.1) is 6.92 Å². The number of hydrogen-bond donors (Lipinski definition) is 2. The molecule has 1 aliphatic rings. The maximum Gasteiger partial charge on any atom is 0.328 e. The zero-order valence-electron chi connectivity index (χ0n) is 13.6. The van der Waals surface area contributed by atoms with E-state index in [1.807, 2.05) is 4.90 Å². The predicted octanol–water partition coefficient (Wildman–Crippen LogP) is -0.369. The van der Waals surface area contributed by atoms with Crippen LogP contribution in [0.2, 0.25) is 0 Å². The van der Waals surface area contributed by atoms with Crippen LogP contribution in [0.3, 0.4) is 0 Å². The molecule has 0 unspecified atom stereocenters. The van der Waals surface area contributed by atoms with E-state index in [4.69, 9.17) is 0 Å². The standard InChI is InChI=1S/C16H21N5O3/c1-12-11-14(22)21(16(24)18-12)10-7-19-5-8-20(9-6-19)15(23)13-3-2-4-17-13/h2-4,11,17H,5-10H2,1H3,(H,18,24). The molecule has 2 N–H and O–H groups in total. The van der Waals surface area contributed by atoms with Gasteiger partial charge in [0.15, 0.2) is 0 Å². The number of aryl methyl sites for hydroxylation is 1. The van der Waals surface area contributed by atoms with Crippen LogP contribution in [0.25, 0.3) is 0 Å². The molecule has 0 spiro atoms. The topological polar surface area (TPSA) is 94.2 Å². The van der Waals surface area contributed by atoms with Crippen molar-refractivity contribution in [3.63, 3.8) is 0 Å². The molecule has 128 valence electrons. The number of nitrogens with one attached hydrogen (secondary N) is 2. The molecule has 8 nitrogen and oxygen atoms in total. The first-order chi connectivity index (χ1) is 11.5. The van der Waals surface area contributed by atoms with E-state index in [0.29, 0.717) is 37.6 Å². The number of aromatic nitrogens is 3. The van der Waals surface area contributed by atoms with Crippen molar-refractivity contribution in [2.45, 2.75) is 13.5 Å². The van der Waals surface area contributed by atoms with Crippen LogP contribution in [0.1, 0.15) is 16.2 Å². The Hall–Kier alpha value is -2.61. The SMILES string of the molecule is Cc1cc(=O)n(CCN2CCN(C(=O)c3ccc[nH]3)CC2)c(=O)[nH]1. The zero-order chi connectivity index (χ0) is 17.1. The molecule has 0 aliphatic carbocycles. The van der Waals surface area contributed by atoms with Crippen LogP contribution in [0.5, 0.6) is 0 Å². The van der Waals surface area contributed by atoms with Crippen molar-refractivity contribution in [1.29, 1.82) is 0 Å². The Bertz CT molecular complexity index is 782. The number of piperazine rings is 1. The number of carbonyl (C=O) groups is 1. The third-order valence-corrected chi connectivity index (χ3v) is 4.28. The third-order valence-electron chi connectivity index (χ3n) is 4.28. The Balaban J connectivity index is 1.54. The molecule has 0 radical (unpaired) electrons. The fourth-order valence-corrected chi connectivity index (χ4v) is 2.90. The molecule has 24 heavy (non-hydrogen) atoms. The third kappa shape index (κ3) is 3.48. The van der Waals surface area contributed by atoms with Gasteiger partial charge < -0.3 is 14.9 Å². The van der Waals surface area contributed by atoms with E-state index in [0.717, 1.165) is 13.1 Å². The molecule has 1 aliphatic heterocycles. The van der Waals surface area contributed by atoms with Gasteiger partial charge in [-0.1, -0.05) is 0 Å². The predicted molar refractivity (Wildman–Crippen MR) is 89.2 cm³/mol. The summed E-state index contributed by atoms with van der Waals surface area (Å²) in [5, 5.41) is 0. The quantitative estimate of drug-likeness (QED) is 0.799. The lowest BCUT2D eigenvalue weighted by Gasteiger charge is -2.34. The van der Waals surface area contributed by atoms with E-state index in [1.54, 1.807) is 25.3 Å². The smallest absolute Gasteiger partial charge is 0.328 e. The van der Waals surface area contributed by atoms with E-state index in [2.05, 4.69) is 14.9 Å². The van der Waals surface area contributed by atoms with Gasteiger partial charge in [-0.15, -0.1) is 0 Å². The Morgan fingerprint density at radius 2 is 1.92 bits per heavy atom. The van der Waals surface area contributed by atoms with Gasteiger partial charge in [0.05, 0.1) is 0 Å². The van der Waals surface area contributed by atoms with Crippen molar-refractivity contribution in [2.24, 2.45) is 0 Å². The van der Waals surface area contributed by atoms with Crippen LogP contribution >= 0.6 is 0 Å². The second-order valence-electron chi connectivity index (χ2n) is 5.97. The fraction of sp³-hybridized carbons (Fsp3) is 0.438. The van der Waals surface area contributed by atoms with E-state index < -0.39 is 0 Å². The van der Waals surface area contributed by atoms with E-state index >= 15 is 0 Å². The van der Waals surface area contributed by atoms with Crippen molar-refractivity contribution in [3.05, 3.63) is 56.6 Å². The molecule has 8 heteroatoms. The molecule has 3 heterocycles. The van der Waals surface area contributed by atoms with Gasteiger partial charge in [-0.3, -0.25) is 19.1 Å². The fourth-order valence-electron chi connectivity index (χ4n) is 2.90. The van der Waals surface area contributed by atoms with Crippen molar-refractivity contribution >= 4 is 5.91 Å². The number of nitrogens with zero attached hydrogens (tertiary/aromatic N) is 3. The average Bonchev–Trinajstić information content (AvgIpc) is 3.08. The monoisotopic (exact) mass is 331 g/mol. The minimum atomic E-state index is -0.374. The highest BCUT2D eigenvalue weighted by Gasteiger charge is 2.22. The molecular weight excluding hydrogens is 310 g/mol. The highest BCUT2D eigenvalue weighted by molar-refractivity contribution is 5.92. The molecule has 3 rings (SSSR count). The van der Waals surface area contributed by atoms with Crippen molar-refractivity contribution in [1.82, 2.24) is 24.3 Å². The normalized spacial score (nSPS) is 15.6. The summed E-state index contributed by atoms with van der Waals surface area (Å²) in [6.45, 7) is 5.37. The second kappa shape index (κ2) is 6.88. The number of carbonyl (C=O) groups excluding carboxylic acids is 1. The summed E-state index contributed by atoms with van der Waals surface area (Å²) in [4.78, 5) is 45.5. The maximum absolute atomic E-state index is 12.3. The zero-order valence-corrected chi connectivity index (χ0v) is 13.6. The summed E-state index contributed by atoms with van der Waals surface area (Å²) in [5.74, 6) is 0.00542. The van der Waals surface area contributed by atoms with Gasteiger partial charge in [0.2, 0.25) is 0 Å². The first-order valence-electron chi connectivity index (χ1n) is 8.00. The summed E-state index contributed by atoms with van der Waals surface area (Å²) in [6.07, 6.45) is 1.74. The Morgan fingerprint density at radius 3 is 2.54 bits per heavy atom. The van der Waals surface area contributed by atoms with Gasteiger partial charge in [-0.25, -0.2) is 4.79 Å². The van der Waals surface area contributed by atoms with Crippen LogP contribution in [-0.4, -0.2) is 63.0 Å². The van der Waals surface area contributed by atoms with Crippen LogP contribution in [-0.2, 0) is 6.54 Å². The van der Waals surface area contributed by atoms with Gasteiger partial charge in [-0.2, -0.15) is 0 Å². The van der Waals surface area contributed by atoms with E-state index in [9.17, 15) is 14.4 Å².